The Kier molecular flexibility index (Phi) is 5.21. The molecule has 136 valence electrons. The van der Waals surface area contributed by atoms with Gasteiger partial charge in [0.1, 0.15) is 0 Å². The van der Waals surface area contributed by atoms with Crippen LogP contribution in [0.1, 0.15) is 45.3 Å². The lowest BCUT2D eigenvalue weighted by atomic mass is 9.95. The van der Waals surface area contributed by atoms with E-state index in [0.717, 1.165) is 12.0 Å². The number of benzene rings is 1. The summed E-state index contributed by atoms with van der Waals surface area (Å²) in [4.78, 5) is 40.2. The molecule has 1 aromatic heterocycles. The second kappa shape index (κ2) is 7.56. The zero-order chi connectivity index (χ0) is 18.7. The van der Waals surface area contributed by atoms with Crippen LogP contribution in [0.2, 0.25) is 0 Å². The molecule has 0 saturated carbocycles. The molecule has 2 aromatic rings. The highest BCUT2D eigenvalue weighted by Gasteiger charge is 2.29. The average molecular weight is 354 g/mol. The second-order valence-electron chi connectivity index (χ2n) is 6.64. The minimum atomic E-state index is -0.924. The van der Waals surface area contributed by atoms with Gasteiger partial charge >= 0.3 is 5.97 Å². The van der Waals surface area contributed by atoms with Crippen molar-refractivity contribution in [2.24, 2.45) is 5.92 Å². The zero-order valence-electron chi connectivity index (χ0n) is 14.7. The van der Waals surface area contributed by atoms with Gasteiger partial charge in [-0.15, -0.1) is 0 Å². The number of H-pyrrole nitrogens is 1. The smallest absolute Gasteiger partial charge is 0.335 e. The van der Waals surface area contributed by atoms with Crippen LogP contribution in [0.25, 0.3) is 0 Å². The van der Waals surface area contributed by atoms with Crippen molar-refractivity contribution in [3.8, 4) is 0 Å². The van der Waals surface area contributed by atoms with Crippen molar-refractivity contribution >= 4 is 11.9 Å². The minimum absolute atomic E-state index is 0.0767. The number of hydrogen-bond acceptors (Lipinski definition) is 3. The summed E-state index contributed by atoms with van der Waals surface area (Å²) in [6.07, 6.45) is 2.06. The van der Waals surface area contributed by atoms with Crippen molar-refractivity contribution in [1.29, 1.82) is 0 Å². The predicted molar refractivity (Wildman–Crippen MR) is 97.6 cm³/mol. The number of carbonyl (C=O) groups is 2. The summed E-state index contributed by atoms with van der Waals surface area (Å²) in [5, 5.41) is 9.32. The van der Waals surface area contributed by atoms with E-state index in [1.807, 2.05) is 19.1 Å². The number of carboxylic acid groups (broad SMARTS) is 1. The molecular formula is C20H22N2O4. The van der Waals surface area contributed by atoms with Crippen LogP contribution in [0.3, 0.4) is 0 Å². The summed E-state index contributed by atoms with van der Waals surface area (Å²) < 4.78 is 0. The second-order valence-corrected chi connectivity index (χ2v) is 6.64. The van der Waals surface area contributed by atoms with Crippen molar-refractivity contribution in [3.63, 3.8) is 0 Å². The number of rotatable bonds is 5. The summed E-state index contributed by atoms with van der Waals surface area (Å²) in [6, 6.07) is 9.98. The number of amides is 1. The predicted octanol–water partition coefficient (Wildman–Crippen LogP) is 2.34. The Hall–Kier alpha value is -2.89. The Bertz CT molecular complexity index is 887. The third-order valence-corrected chi connectivity index (χ3v) is 4.91. The van der Waals surface area contributed by atoms with Gasteiger partial charge in [-0.2, -0.15) is 0 Å². The number of aromatic carboxylic acids is 1. The third-order valence-electron chi connectivity index (χ3n) is 4.91. The number of carbonyl (C=O) groups excluding carboxylic acids is 1. The number of aromatic amines is 1. The standard InChI is InChI=1S/C20H22N2O4/c1-2-17-16(7-8-18(23)21-17)19(24)22-10-9-13(12-22)11-14-5-3-4-6-15(14)20(25)26/h3-8,13H,2,9-12H2,1H3,(H,21,23)(H,25,26). The summed E-state index contributed by atoms with van der Waals surface area (Å²) >= 11 is 0. The number of carboxylic acids is 1. The van der Waals surface area contributed by atoms with Gasteiger partial charge in [0, 0.05) is 24.8 Å². The number of nitrogens with zero attached hydrogens (tertiary/aromatic N) is 1. The van der Waals surface area contributed by atoms with E-state index in [1.165, 1.54) is 6.07 Å². The van der Waals surface area contributed by atoms with E-state index >= 15 is 0 Å². The molecule has 0 spiro atoms. The van der Waals surface area contributed by atoms with Gasteiger partial charge < -0.3 is 15.0 Å². The Balaban J connectivity index is 1.72. The van der Waals surface area contributed by atoms with Crippen molar-refractivity contribution < 1.29 is 14.7 Å². The molecule has 0 radical (unpaired) electrons. The topological polar surface area (TPSA) is 90.5 Å². The lowest BCUT2D eigenvalue weighted by Gasteiger charge is -2.18. The minimum Gasteiger partial charge on any atom is -0.478 e. The van der Waals surface area contributed by atoms with Gasteiger partial charge in [0.2, 0.25) is 5.56 Å². The van der Waals surface area contributed by atoms with Gasteiger partial charge in [-0.3, -0.25) is 9.59 Å². The fourth-order valence-electron chi connectivity index (χ4n) is 3.57. The van der Waals surface area contributed by atoms with Crippen LogP contribution >= 0.6 is 0 Å². The zero-order valence-corrected chi connectivity index (χ0v) is 14.7. The lowest BCUT2D eigenvalue weighted by Crippen LogP contribution is -2.30. The van der Waals surface area contributed by atoms with Crippen LogP contribution in [-0.4, -0.2) is 40.0 Å². The SMILES string of the molecule is CCc1[nH]c(=O)ccc1C(=O)N1CCC(Cc2ccccc2C(=O)O)C1. The quantitative estimate of drug-likeness (QED) is 0.862. The molecule has 1 aliphatic rings. The number of pyridine rings is 1. The van der Waals surface area contributed by atoms with E-state index in [0.29, 0.717) is 42.8 Å². The first kappa shape index (κ1) is 17.9. The van der Waals surface area contributed by atoms with Crippen molar-refractivity contribution in [2.45, 2.75) is 26.2 Å². The fraction of sp³-hybridized carbons (Fsp3) is 0.350. The molecule has 0 bridgehead atoms. The highest BCUT2D eigenvalue weighted by atomic mass is 16.4. The fourth-order valence-corrected chi connectivity index (χ4v) is 3.57. The molecule has 1 atom stereocenters. The number of hydrogen-bond donors (Lipinski definition) is 2. The number of aryl methyl sites for hydroxylation is 1. The van der Waals surface area contributed by atoms with Crippen molar-refractivity contribution in [1.82, 2.24) is 9.88 Å². The highest BCUT2D eigenvalue weighted by molar-refractivity contribution is 5.95. The van der Waals surface area contributed by atoms with E-state index in [-0.39, 0.29) is 17.4 Å². The first-order valence-corrected chi connectivity index (χ1v) is 8.82. The van der Waals surface area contributed by atoms with Gasteiger partial charge in [-0.05, 0) is 42.9 Å². The largest absolute Gasteiger partial charge is 0.478 e. The lowest BCUT2D eigenvalue weighted by molar-refractivity contribution is 0.0694. The van der Waals surface area contributed by atoms with E-state index in [4.69, 9.17) is 0 Å². The van der Waals surface area contributed by atoms with Crippen LogP contribution in [0.5, 0.6) is 0 Å². The molecule has 1 unspecified atom stereocenters. The number of likely N-dealkylation sites (tertiary alicyclic amines) is 1. The molecule has 2 heterocycles. The monoisotopic (exact) mass is 354 g/mol. The highest BCUT2D eigenvalue weighted by Crippen LogP contribution is 2.24. The summed E-state index contributed by atoms with van der Waals surface area (Å²) in [7, 11) is 0. The molecule has 2 N–H and O–H groups in total. The van der Waals surface area contributed by atoms with E-state index in [1.54, 1.807) is 23.1 Å². The third kappa shape index (κ3) is 3.69. The summed E-state index contributed by atoms with van der Waals surface area (Å²) in [5.74, 6) is -0.772. The molecule has 1 amide bonds. The molecule has 1 aliphatic heterocycles. The van der Waals surface area contributed by atoms with E-state index < -0.39 is 5.97 Å². The number of nitrogens with one attached hydrogen (secondary N) is 1. The molecule has 6 heteroatoms. The van der Waals surface area contributed by atoms with Gasteiger partial charge in [-0.1, -0.05) is 25.1 Å². The molecule has 1 aromatic carbocycles. The van der Waals surface area contributed by atoms with Crippen molar-refractivity contribution in [2.75, 3.05) is 13.1 Å². The first-order valence-electron chi connectivity index (χ1n) is 8.82. The normalized spacial score (nSPS) is 16.7. The summed E-state index contributed by atoms with van der Waals surface area (Å²) in [6.45, 7) is 3.13. The maximum absolute atomic E-state index is 12.8. The maximum Gasteiger partial charge on any atom is 0.335 e. The first-order chi connectivity index (χ1) is 12.5. The summed E-state index contributed by atoms with van der Waals surface area (Å²) in [5.41, 5.74) is 2.12. The number of aromatic nitrogens is 1. The van der Waals surface area contributed by atoms with Gasteiger partial charge in [0.15, 0.2) is 0 Å². The molecule has 1 saturated heterocycles. The molecule has 1 fully saturated rings. The molecule has 26 heavy (non-hydrogen) atoms. The van der Waals surface area contributed by atoms with E-state index in [9.17, 15) is 19.5 Å². The van der Waals surface area contributed by atoms with Gasteiger partial charge in [-0.25, -0.2) is 4.79 Å². The van der Waals surface area contributed by atoms with Crippen LogP contribution < -0.4 is 5.56 Å². The van der Waals surface area contributed by atoms with Crippen LogP contribution in [0, 0.1) is 5.92 Å². The van der Waals surface area contributed by atoms with Crippen LogP contribution in [0.15, 0.2) is 41.2 Å². The average Bonchev–Trinajstić information content (AvgIpc) is 3.09. The Morgan fingerprint density at radius 1 is 1.19 bits per heavy atom. The molecular weight excluding hydrogens is 332 g/mol. The van der Waals surface area contributed by atoms with Gasteiger partial charge in [0.25, 0.3) is 5.91 Å². The Labute approximate surface area is 151 Å². The molecule has 0 aliphatic carbocycles. The van der Waals surface area contributed by atoms with Crippen molar-refractivity contribution in [3.05, 3.63) is 69.1 Å². The van der Waals surface area contributed by atoms with Crippen LogP contribution in [0.4, 0.5) is 0 Å². The Morgan fingerprint density at radius 2 is 1.96 bits per heavy atom. The molecule has 6 nitrogen and oxygen atoms in total. The Morgan fingerprint density at radius 3 is 2.69 bits per heavy atom. The van der Waals surface area contributed by atoms with E-state index in [2.05, 4.69) is 4.98 Å². The van der Waals surface area contributed by atoms with Crippen LogP contribution in [-0.2, 0) is 12.8 Å². The maximum atomic E-state index is 12.8. The molecule has 3 rings (SSSR count). The van der Waals surface area contributed by atoms with Gasteiger partial charge in [0.05, 0.1) is 11.1 Å².